The molecule has 1 heterocycles. The van der Waals surface area contributed by atoms with Crippen LogP contribution in [0.15, 0.2) is 59.5 Å². The van der Waals surface area contributed by atoms with Crippen molar-refractivity contribution in [2.75, 3.05) is 0 Å². The lowest BCUT2D eigenvalue weighted by molar-refractivity contribution is 0.993. The van der Waals surface area contributed by atoms with Gasteiger partial charge in [0.05, 0.1) is 16.4 Å². The van der Waals surface area contributed by atoms with E-state index in [1.807, 2.05) is 30.3 Å². The number of halogens is 2. The highest BCUT2D eigenvalue weighted by Crippen LogP contribution is 2.27. The molecule has 3 rings (SSSR count). The van der Waals surface area contributed by atoms with Crippen molar-refractivity contribution in [1.82, 2.24) is 9.55 Å². The first kappa shape index (κ1) is 13.0. The van der Waals surface area contributed by atoms with Gasteiger partial charge in [0.25, 0.3) is 0 Å². The van der Waals surface area contributed by atoms with Gasteiger partial charge in [-0.15, -0.1) is 0 Å². The average molecular weight is 305 g/mol. The summed E-state index contributed by atoms with van der Waals surface area (Å²) in [4.78, 5) is 14.8. The largest absolute Gasteiger partial charge is 0.330 e. The number of hydrogen-bond donors (Lipinski definition) is 1. The topological polar surface area (TPSA) is 37.8 Å². The Hall–Kier alpha value is -1.97. The summed E-state index contributed by atoms with van der Waals surface area (Å²) in [5.41, 5.74) is 1.96. The van der Waals surface area contributed by atoms with Crippen LogP contribution in [0.4, 0.5) is 0 Å². The minimum atomic E-state index is -0.256. The van der Waals surface area contributed by atoms with Crippen LogP contribution in [0.2, 0.25) is 10.0 Å². The van der Waals surface area contributed by atoms with E-state index in [0.717, 1.165) is 11.3 Å². The Labute approximate surface area is 125 Å². The second kappa shape index (κ2) is 5.19. The Morgan fingerprint density at radius 3 is 2.50 bits per heavy atom. The molecule has 0 aliphatic carbocycles. The average Bonchev–Trinajstić information content (AvgIpc) is 2.84. The highest BCUT2D eigenvalue weighted by atomic mass is 35.5. The van der Waals surface area contributed by atoms with Crippen molar-refractivity contribution in [2.24, 2.45) is 0 Å². The van der Waals surface area contributed by atoms with Gasteiger partial charge in [-0.2, -0.15) is 0 Å². The Morgan fingerprint density at radius 1 is 1.00 bits per heavy atom. The number of nitrogens with one attached hydrogen (secondary N) is 1. The third kappa shape index (κ3) is 2.26. The van der Waals surface area contributed by atoms with Crippen LogP contribution >= 0.6 is 23.2 Å². The molecule has 1 aromatic heterocycles. The second-order valence-electron chi connectivity index (χ2n) is 4.28. The number of benzene rings is 2. The normalized spacial score (nSPS) is 10.7. The van der Waals surface area contributed by atoms with Gasteiger partial charge in [-0.3, -0.25) is 4.57 Å². The third-order valence-corrected chi connectivity index (χ3v) is 3.55. The smallest absolute Gasteiger partial charge is 0.312 e. The maximum Gasteiger partial charge on any atom is 0.330 e. The van der Waals surface area contributed by atoms with Crippen molar-refractivity contribution < 1.29 is 0 Å². The number of imidazole rings is 1. The third-order valence-electron chi connectivity index (χ3n) is 2.99. The molecule has 3 aromatic rings. The van der Waals surface area contributed by atoms with Gasteiger partial charge in [-0.05, 0) is 18.2 Å². The lowest BCUT2D eigenvalue weighted by Gasteiger charge is -2.09. The van der Waals surface area contributed by atoms with E-state index in [-0.39, 0.29) is 5.69 Å². The molecule has 5 heteroatoms. The number of rotatable bonds is 2. The van der Waals surface area contributed by atoms with Crippen molar-refractivity contribution >= 4 is 23.2 Å². The molecule has 0 unspecified atom stereocenters. The van der Waals surface area contributed by atoms with Crippen molar-refractivity contribution in [2.45, 2.75) is 0 Å². The van der Waals surface area contributed by atoms with Gasteiger partial charge in [0.1, 0.15) is 0 Å². The van der Waals surface area contributed by atoms with E-state index in [9.17, 15) is 4.79 Å². The van der Waals surface area contributed by atoms with Crippen LogP contribution < -0.4 is 5.69 Å². The maximum atomic E-state index is 12.1. The maximum absolute atomic E-state index is 12.1. The van der Waals surface area contributed by atoms with Gasteiger partial charge in [0.15, 0.2) is 0 Å². The minimum absolute atomic E-state index is 0.256. The summed E-state index contributed by atoms with van der Waals surface area (Å²) in [6.07, 6.45) is 1.66. The number of aromatic amines is 1. The molecule has 0 radical (unpaired) electrons. The molecule has 0 aliphatic heterocycles. The molecule has 2 aromatic carbocycles. The number of nitrogens with zero attached hydrogens (tertiary/aromatic N) is 1. The first-order valence-electron chi connectivity index (χ1n) is 5.98. The molecule has 0 saturated carbocycles. The fourth-order valence-corrected chi connectivity index (χ4v) is 2.45. The number of H-pyrrole nitrogens is 1. The van der Waals surface area contributed by atoms with E-state index >= 15 is 0 Å². The minimum Gasteiger partial charge on any atom is -0.312 e. The van der Waals surface area contributed by atoms with Crippen molar-refractivity contribution in [1.29, 1.82) is 0 Å². The summed E-state index contributed by atoms with van der Waals surface area (Å²) in [5.74, 6) is 0. The fraction of sp³-hybridized carbons (Fsp3) is 0. The van der Waals surface area contributed by atoms with E-state index in [1.165, 1.54) is 4.57 Å². The second-order valence-corrected chi connectivity index (χ2v) is 5.12. The highest BCUT2D eigenvalue weighted by molar-refractivity contribution is 6.34. The summed E-state index contributed by atoms with van der Waals surface area (Å²) in [5, 5.41) is 0.991. The molecule has 0 fully saturated rings. The van der Waals surface area contributed by atoms with Gasteiger partial charge >= 0.3 is 5.69 Å². The molecule has 20 heavy (non-hydrogen) atoms. The first-order valence-corrected chi connectivity index (χ1v) is 6.73. The fourth-order valence-electron chi connectivity index (χ4n) is 2.09. The van der Waals surface area contributed by atoms with Crippen molar-refractivity contribution in [3.63, 3.8) is 0 Å². The molecule has 0 atom stereocenters. The van der Waals surface area contributed by atoms with E-state index in [4.69, 9.17) is 23.2 Å². The van der Waals surface area contributed by atoms with Gasteiger partial charge in [0, 0.05) is 16.8 Å². The first-order chi connectivity index (χ1) is 9.66. The Balaban J connectivity index is 2.27. The predicted octanol–water partition coefficient (Wildman–Crippen LogP) is 4.14. The van der Waals surface area contributed by atoms with E-state index < -0.39 is 0 Å². The molecule has 3 nitrogen and oxygen atoms in total. The van der Waals surface area contributed by atoms with Crippen LogP contribution in [-0.4, -0.2) is 9.55 Å². The quantitative estimate of drug-likeness (QED) is 0.759. The van der Waals surface area contributed by atoms with Gasteiger partial charge in [-0.25, -0.2) is 4.79 Å². The number of aromatic nitrogens is 2. The van der Waals surface area contributed by atoms with Crippen LogP contribution in [0.3, 0.4) is 0 Å². The van der Waals surface area contributed by atoms with E-state index in [2.05, 4.69) is 4.98 Å². The van der Waals surface area contributed by atoms with E-state index in [1.54, 1.807) is 24.4 Å². The summed E-state index contributed by atoms with van der Waals surface area (Å²) in [7, 11) is 0. The summed E-state index contributed by atoms with van der Waals surface area (Å²) >= 11 is 12.2. The lowest BCUT2D eigenvalue weighted by atomic mass is 10.1. The summed E-state index contributed by atoms with van der Waals surface area (Å²) < 4.78 is 1.52. The summed E-state index contributed by atoms with van der Waals surface area (Å²) in [6, 6.07) is 14.6. The molecule has 0 aliphatic rings. The van der Waals surface area contributed by atoms with Crippen LogP contribution in [0.5, 0.6) is 0 Å². The molecule has 0 saturated heterocycles. The van der Waals surface area contributed by atoms with Crippen LogP contribution in [0.25, 0.3) is 16.9 Å². The molecule has 0 bridgehead atoms. The van der Waals surface area contributed by atoms with Crippen LogP contribution in [0, 0.1) is 0 Å². The molecule has 1 N–H and O–H groups in total. The molecule has 100 valence electrons. The van der Waals surface area contributed by atoms with Gasteiger partial charge in [0.2, 0.25) is 0 Å². The molecular weight excluding hydrogens is 295 g/mol. The SMILES string of the molecule is O=c1[nH]cc(-c2ccccc2)n1-c1cc(Cl)ccc1Cl. The van der Waals surface area contributed by atoms with Gasteiger partial charge in [-0.1, -0.05) is 53.5 Å². The zero-order valence-electron chi connectivity index (χ0n) is 10.3. The predicted molar refractivity (Wildman–Crippen MR) is 81.8 cm³/mol. The number of hydrogen-bond acceptors (Lipinski definition) is 1. The molecule has 0 spiro atoms. The van der Waals surface area contributed by atoms with E-state index in [0.29, 0.717) is 15.7 Å². The monoisotopic (exact) mass is 304 g/mol. The molecular formula is C15H10Cl2N2O. The highest BCUT2D eigenvalue weighted by Gasteiger charge is 2.13. The molecule has 0 amide bonds. The van der Waals surface area contributed by atoms with Crippen LogP contribution in [-0.2, 0) is 0 Å². The lowest BCUT2D eigenvalue weighted by Crippen LogP contribution is -2.16. The van der Waals surface area contributed by atoms with Crippen molar-refractivity contribution in [3.05, 3.63) is 75.3 Å². The van der Waals surface area contributed by atoms with Crippen molar-refractivity contribution in [3.8, 4) is 16.9 Å². The Bertz CT molecular complexity index is 806. The zero-order chi connectivity index (χ0) is 14.1. The Morgan fingerprint density at radius 2 is 1.75 bits per heavy atom. The Kier molecular flexibility index (Phi) is 3.38. The zero-order valence-corrected chi connectivity index (χ0v) is 11.8. The van der Waals surface area contributed by atoms with Crippen LogP contribution in [0.1, 0.15) is 0 Å². The summed E-state index contributed by atoms with van der Waals surface area (Å²) in [6.45, 7) is 0. The van der Waals surface area contributed by atoms with Gasteiger partial charge < -0.3 is 4.98 Å². The standard InChI is InChI=1S/C15H10Cl2N2O/c16-11-6-7-12(17)13(8-11)19-14(9-18-15(19)20)10-4-2-1-3-5-10/h1-9H,(H,18,20).